The molecule has 578 valence electrons. The number of aliphatic hydroxyl groups is 1. The third-order valence-corrected chi connectivity index (χ3v) is 18.5. The summed E-state index contributed by atoms with van der Waals surface area (Å²) >= 11 is 0. The number of phosphoric acid groups is 2. The molecular weight excluding hydrogens is 1310 g/mol. The standard InChI is InChI=1S/C81H142O17P2/c1-5-9-13-17-21-25-29-33-36-37-40-43-46-50-54-58-62-66-79(84)92-72-77(98-81(86)68-64-60-56-52-48-44-39-35-31-27-23-19-15-11-7-3)74-96-100(89,90)94-70-75(82)69-93-99(87,88)95-73-76(97-80(85)67-63-59-55-51-47-41-32-28-24-20-16-12-8-4)71-91-78(83)65-61-57-53-49-45-42-38-34-30-26-22-18-14-10-6-2/h9,11,13,15,21,23,25,27,33,35-36,39,48,52,60,64,75-77,82H,5-8,10,12,14,16-20,22,24,26,28-32,34,37-38,40-47,49-51,53-59,61-63,65-74H2,1-4H3,(H,87,88)(H,89,90)/b13-9-,15-11-,25-21-,27-23-,36-33-,39-35-,52-48-,64-60-. The summed E-state index contributed by atoms with van der Waals surface area (Å²) in [6.07, 6.45) is 77.1. The molecule has 0 aromatic carbocycles. The van der Waals surface area contributed by atoms with Crippen molar-refractivity contribution >= 4 is 39.5 Å². The van der Waals surface area contributed by atoms with E-state index in [-0.39, 0.29) is 25.7 Å². The highest BCUT2D eigenvalue weighted by Crippen LogP contribution is 2.45. The Morgan fingerprint density at radius 2 is 0.560 bits per heavy atom. The molecule has 0 bridgehead atoms. The van der Waals surface area contributed by atoms with Crippen molar-refractivity contribution in [3.8, 4) is 0 Å². The molecule has 100 heavy (non-hydrogen) atoms. The summed E-state index contributed by atoms with van der Waals surface area (Å²) in [5.41, 5.74) is 0. The number of allylic oxidation sites excluding steroid dienone is 15. The van der Waals surface area contributed by atoms with E-state index in [1.165, 1.54) is 122 Å². The number of esters is 4. The van der Waals surface area contributed by atoms with Gasteiger partial charge >= 0.3 is 39.5 Å². The molecule has 0 spiro atoms. The number of carbonyl (C=O) groups excluding carboxylic acids is 4. The molecule has 3 N–H and O–H groups in total. The van der Waals surface area contributed by atoms with E-state index in [9.17, 15) is 43.2 Å². The zero-order valence-corrected chi connectivity index (χ0v) is 64.9. The minimum atomic E-state index is -5.00. The summed E-state index contributed by atoms with van der Waals surface area (Å²) in [6, 6.07) is 0. The van der Waals surface area contributed by atoms with Gasteiger partial charge in [0.05, 0.1) is 32.8 Å². The Labute approximate surface area is 607 Å². The molecule has 0 amide bonds. The SMILES string of the molecule is CC/C=C\C/C=C\C/C=C\C/C=C\C/C=C\CC(=O)OC(COC(=O)CCCCCCCCC/C=C\C/C=C\C/C=C\CC)COP(=O)(O)OCC(O)COP(=O)(O)OCC(COC(=O)CCCCCCCCCCCCCCCCC)OC(=O)CCCCCCCCCCCCCCC. The zero-order valence-electron chi connectivity index (χ0n) is 63.1. The van der Waals surface area contributed by atoms with Crippen LogP contribution in [-0.2, 0) is 65.4 Å². The molecule has 17 nitrogen and oxygen atoms in total. The average molecular weight is 1450 g/mol. The van der Waals surface area contributed by atoms with Crippen molar-refractivity contribution in [3.05, 3.63) is 97.2 Å². The van der Waals surface area contributed by atoms with Crippen LogP contribution in [0.4, 0.5) is 0 Å². The zero-order chi connectivity index (χ0) is 73.2. The van der Waals surface area contributed by atoms with Crippen LogP contribution in [-0.4, -0.2) is 96.7 Å². The maximum Gasteiger partial charge on any atom is 0.472 e. The van der Waals surface area contributed by atoms with E-state index in [0.717, 1.165) is 135 Å². The first kappa shape index (κ1) is 96.0. The Kier molecular flexibility index (Phi) is 70.4. The topological polar surface area (TPSA) is 237 Å². The van der Waals surface area contributed by atoms with E-state index < -0.39 is 97.5 Å². The second-order valence-corrected chi connectivity index (χ2v) is 29.2. The van der Waals surface area contributed by atoms with Crippen LogP contribution in [0, 0.1) is 0 Å². The third kappa shape index (κ3) is 72.3. The van der Waals surface area contributed by atoms with Crippen LogP contribution in [0.1, 0.15) is 336 Å². The molecule has 0 saturated heterocycles. The van der Waals surface area contributed by atoms with E-state index >= 15 is 0 Å². The number of rotatable bonds is 74. The van der Waals surface area contributed by atoms with Gasteiger partial charge in [-0.1, -0.05) is 324 Å². The number of aliphatic hydroxyl groups excluding tert-OH is 1. The molecule has 0 rings (SSSR count). The van der Waals surface area contributed by atoms with Crippen molar-refractivity contribution < 1.29 is 80.2 Å². The Balaban J connectivity index is 5.39. The molecule has 0 aliphatic carbocycles. The highest BCUT2D eigenvalue weighted by Gasteiger charge is 2.30. The number of unbranched alkanes of at least 4 members (excludes halogenated alkanes) is 33. The summed E-state index contributed by atoms with van der Waals surface area (Å²) < 4.78 is 68.4. The number of phosphoric ester groups is 2. The molecule has 0 saturated carbocycles. The van der Waals surface area contributed by atoms with Gasteiger partial charge in [0.25, 0.3) is 0 Å². The van der Waals surface area contributed by atoms with Crippen LogP contribution in [0.15, 0.2) is 97.2 Å². The van der Waals surface area contributed by atoms with E-state index in [1.54, 1.807) is 12.2 Å². The Morgan fingerprint density at radius 1 is 0.300 bits per heavy atom. The molecule has 0 aromatic rings. The van der Waals surface area contributed by atoms with Gasteiger partial charge in [-0.05, 0) is 83.5 Å². The van der Waals surface area contributed by atoms with Gasteiger partial charge < -0.3 is 33.8 Å². The van der Waals surface area contributed by atoms with Crippen molar-refractivity contribution in [2.45, 2.75) is 354 Å². The van der Waals surface area contributed by atoms with E-state index in [4.69, 9.17) is 37.0 Å². The van der Waals surface area contributed by atoms with Crippen LogP contribution in [0.25, 0.3) is 0 Å². The Morgan fingerprint density at radius 3 is 0.890 bits per heavy atom. The van der Waals surface area contributed by atoms with Crippen LogP contribution in [0.5, 0.6) is 0 Å². The van der Waals surface area contributed by atoms with E-state index in [1.807, 2.05) is 12.2 Å². The van der Waals surface area contributed by atoms with Crippen molar-refractivity contribution in [3.63, 3.8) is 0 Å². The second-order valence-electron chi connectivity index (χ2n) is 26.3. The van der Waals surface area contributed by atoms with Gasteiger partial charge in [-0.3, -0.25) is 37.3 Å². The first-order valence-electron chi connectivity index (χ1n) is 39.5. The number of ether oxygens (including phenoxy) is 4. The molecule has 0 radical (unpaired) electrons. The monoisotopic (exact) mass is 1450 g/mol. The van der Waals surface area contributed by atoms with Crippen LogP contribution in [0.3, 0.4) is 0 Å². The van der Waals surface area contributed by atoms with Gasteiger partial charge in [0.1, 0.15) is 19.3 Å². The lowest BCUT2D eigenvalue weighted by molar-refractivity contribution is -0.161. The predicted molar refractivity (Wildman–Crippen MR) is 409 cm³/mol. The lowest BCUT2D eigenvalue weighted by Gasteiger charge is -2.21. The normalized spacial score (nSPS) is 14.4. The molecular formula is C81H142O17P2. The fourth-order valence-corrected chi connectivity index (χ4v) is 12.2. The largest absolute Gasteiger partial charge is 0.472 e. The molecule has 5 unspecified atom stereocenters. The molecule has 5 atom stereocenters. The Bertz CT molecular complexity index is 2270. The van der Waals surface area contributed by atoms with Gasteiger partial charge in [-0.15, -0.1) is 0 Å². The van der Waals surface area contributed by atoms with Crippen LogP contribution < -0.4 is 0 Å². The van der Waals surface area contributed by atoms with Crippen molar-refractivity contribution in [2.75, 3.05) is 39.6 Å². The molecule has 0 heterocycles. The number of carbonyl (C=O) groups is 4. The van der Waals surface area contributed by atoms with Crippen LogP contribution in [0.2, 0.25) is 0 Å². The minimum absolute atomic E-state index is 0.0983. The fraction of sp³-hybridized carbons (Fsp3) is 0.753. The summed E-state index contributed by atoms with van der Waals surface area (Å²) in [7, 11) is -9.98. The first-order valence-corrected chi connectivity index (χ1v) is 42.5. The molecule has 0 aliphatic rings. The van der Waals surface area contributed by atoms with Gasteiger partial charge in [-0.25, -0.2) is 9.13 Å². The lowest BCUT2D eigenvalue weighted by Crippen LogP contribution is -2.30. The lowest BCUT2D eigenvalue weighted by atomic mass is 10.0. The first-order chi connectivity index (χ1) is 48.7. The van der Waals surface area contributed by atoms with E-state index in [0.29, 0.717) is 25.7 Å². The highest BCUT2D eigenvalue weighted by molar-refractivity contribution is 7.47. The smallest absolute Gasteiger partial charge is 0.462 e. The van der Waals surface area contributed by atoms with Crippen molar-refractivity contribution in [1.29, 1.82) is 0 Å². The number of hydrogen-bond acceptors (Lipinski definition) is 15. The van der Waals surface area contributed by atoms with Gasteiger partial charge in [0.15, 0.2) is 12.2 Å². The second kappa shape index (κ2) is 73.3. The van der Waals surface area contributed by atoms with Crippen molar-refractivity contribution in [2.24, 2.45) is 0 Å². The maximum atomic E-state index is 13.1. The Hall–Kier alpha value is -4.02. The van der Waals surface area contributed by atoms with Gasteiger partial charge in [0.2, 0.25) is 0 Å². The summed E-state index contributed by atoms with van der Waals surface area (Å²) in [5, 5.41) is 10.6. The van der Waals surface area contributed by atoms with Crippen LogP contribution >= 0.6 is 15.6 Å². The summed E-state index contributed by atoms with van der Waals surface area (Å²) in [6.45, 7) is 4.57. The highest BCUT2D eigenvalue weighted by atomic mass is 31.2. The van der Waals surface area contributed by atoms with E-state index in [2.05, 4.69) is 101 Å². The summed E-state index contributed by atoms with van der Waals surface area (Å²) in [4.78, 5) is 72.9. The molecule has 19 heteroatoms. The minimum Gasteiger partial charge on any atom is -0.462 e. The van der Waals surface area contributed by atoms with Crippen molar-refractivity contribution in [1.82, 2.24) is 0 Å². The van der Waals surface area contributed by atoms with Gasteiger partial charge in [-0.2, -0.15) is 0 Å². The number of hydrogen-bond donors (Lipinski definition) is 3. The predicted octanol–water partition coefficient (Wildman–Crippen LogP) is 22.8. The molecule has 0 aromatic heterocycles. The molecule has 0 aliphatic heterocycles. The quantitative estimate of drug-likeness (QED) is 0.0169. The average Bonchev–Trinajstić information content (AvgIpc) is 0.932. The molecule has 0 fully saturated rings. The fourth-order valence-electron chi connectivity index (χ4n) is 10.7. The summed E-state index contributed by atoms with van der Waals surface area (Å²) in [5.74, 6) is -2.31. The maximum absolute atomic E-state index is 13.1. The van der Waals surface area contributed by atoms with Gasteiger partial charge in [0, 0.05) is 19.3 Å². The third-order valence-electron chi connectivity index (χ3n) is 16.6.